The van der Waals surface area contributed by atoms with Gasteiger partial charge in [0.05, 0.1) is 5.78 Å². The lowest BCUT2D eigenvalue weighted by Gasteiger charge is -2.19. The van der Waals surface area contributed by atoms with E-state index in [9.17, 15) is 0 Å². The molecule has 0 aliphatic carbocycles. The van der Waals surface area contributed by atoms with Gasteiger partial charge >= 0.3 is 0 Å². The lowest BCUT2D eigenvalue weighted by Crippen LogP contribution is -2.13. The second-order valence-electron chi connectivity index (χ2n) is 2.66. The standard InChI is InChI=1S/C6H9BrN4P2S/c1-14-6-9-5-8-3(13-7)2-4(12)11(5)10-6/h2,4,13H,12H2,1H3,(H,8,9,10). The first-order valence-corrected chi connectivity index (χ1v) is 9.01. The van der Waals surface area contributed by atoms with Gasteiger partial charge < -0.3 is 5.32 Å². The first kappa shape index (κ1) is 10.9. The van der Waals surface area contributed by atoms with Crippen LogP contribution in [0.15, 0.2) is 16.7 Å². The average molecular weight is 311 g/mol. The number of nitrogens with one attached hydrogen (secondary N) is 1. The van der Waals surface area contributed by atoms with E-state index in [2.05, 4.69) is 46.2 Å². The Bertz CT molecular complexity index is 380. The summed E-state index contributed by atoms with van der Waals surface area (Å²) in [6, 6.07) is 0. The molecule has 0 spiro atoms. The second kappa shape index (κ2) is 4.48. The summed E-state index contributed by atoms with van der Waals surface area (Å²) in [5, 5.41) is 8.37. The molecule has 3 unspecified atom stereocenters. The minimum Gasteiger partial charge on any atom is -0.324 e. The summed E-state index contributed by atoms with van der Waals surface area (Å²) in [6.07, 6.45) is 4.09. The van der Waals surface area contributed by atoms with Crippen molar-refractivity contribution in [2.24, 2.45) is 0 Å². The van der Waals surface area contributed by atoms with Crippen molar-refractivity contribution in [3.63, 3.8) is 0 Å². The molecule has 0 bridgehead atoms. The van der Waals surface area contributed by atoms with E-state index in [-0.39, 0.29) is 5.78 Å². The summed E-state index contributed by atoms with van der Waals surface area (Å²) >= 11 is 4.99. The molecule has 2 rings (SSSR count). The van der Waals surface area contributed by atoms with Gasteiger partial charge in [-0.1, -0.05) is 27.3 Å². The third-order valence-electron chi connectivity index (χ3n) is 1.76. The van der Waals surface area contributed by atoms with Crippen LogP contribution in [0.3, 0.4) is 0 Å². The molecular formula is C6H9BrN4P2S. The molecule has 1 N–H and O–H groups in total. The van der Waals surface area contributed by atoms with Crippen LogP contribution >= 0.6 is 43.8 Å². The Morgan fingerprint density at radius 3 is 3.21 bits per heavy atom. The van der Waals surface area contributed by atoms with Crippen molar-refractivity contribution in [2.75, 3.05) is 11.6 Å². The van der Waals surface area contributed by atoms with E-state index in [1.807, 2.05) is 10.9 Å². The number of aromatic nitrogens is 3. The molecule has 1 aliphatic heterocycles. The number of hydrogen-bond acceptors (Lipinski definition) is 4. The molecule has 3 atom stereocenters. The Kier molecular flexibility index (Phi) is 3.48. The first-order chi connectivity index (χ1) is 6.74. The highest BCUT2D eigenvalue weighted by Crippen LogP contribution is 2.38. The van der Waals surface area contributed by atoms with Gasteiger partial charge in [-0.3, -0.25) is 0 Å². The first-order valence-electron chi connectivity index (χ1n) is 3.86. The number of nitrogens with zero attached hydrogens (tertiary/aromatic N) is 3. The minimum absolute atomic E-state index is 0.194. The fourth-order valence-corrected chi connectivity index (χ4v) is 3.17. The lowest BCUT2D eigenvalue weighted by molar-refractivity contribution is 0.662. The van der Waals surface area contributed by atoms with Gasteiger partial charge in [0, 0.05) is 5.44 Å². The number of rotatable bonds is 2. The molecule has 1 aromatic heterocycles. The van der Waals surface area contributed by atoms with Crippen LogP contribution in [-0.2, 0) is 0 Å². The molecule has 2 heterocycles. The Balaban J connectivity index is 2.34. The van der Waals surface area contributed by atoms with E-state index in [0.29, 0.717) is 7.28 Å². The summed E-state index contributed by atoms with van der Waals surface area (Å²) in [6.45, 7) is 0. The van der Waals surface area contributed by atoms with E-state index in [0.717, 1.165) is 16.5 Å². The zero-order chi connectivity index (χ0) is 10.1. The maximum atomic E-state index is 4.35. The van der Waals surface area contributed by atoms with Crippen molar-refractivity contribution < 1.29 is 0 Å². The quantitative estimate of drug-likeness (QED) is 0.673. The predicted octanol–water partition coefficient (Wildman–Crippen LogP) is 2.63. The summed E-state index contributed by atoms with van der Waals surface area (Å²) in [5.41, 5.74) is 1.15. The van der Waals surface area contributed by atoms with Crippen LogP contribution in [0.2, 0.25) is 0 Å². The fourth-order valence-electron chi connectivity index (χ4n) is 1.14. The van der Waals surface area contributed by atoms with Crippen LogP contribution in [0, 0.1) is 0 Å². The smallest absolute Gasteiger partial charge is 0.227 e. The summed E-state index contributed by atoms with van der Waals surface area (Å²) in [5.74, 6) is 1.01. The Hall–Kier alpha value is 0.370. The van der Waals surface area contributed by atoms with Crippen molar-refractivity contribution in [3.05, 3.63) is 11.5 Å². The number of hydrogen-bond donors (Lipinski definition) is 1. The average Bonchev–Trinajstić information content (AvgIpc) is 2.61. The van der Waals surface area contributed by atoms with Gasteiger partial charge in [0.2, 0.25) is 11.1 Å². The number of halogens is 1. The molecule has 8 heteroatoms. The molecule has 76 valence electrons. The molecule has 0 amide bonds. The van der Waals surface area contributed by atoms with Gasteiger partial charge in [0.25, 0.3) is 0 Å². The highest BCUT2D eigenvalue weighted by atomic mass is 79.9. The predicted molar refractivity (Wildman–Crippen MR) is 69.5 cm³/mol. The Labute approximate surface area is 98.4 Å². The Morgan fingerprint density at radius 1 is 1.79 bits per heavy atom. The molecule has 14 heavy (non-hydrogen) atoms. The summed E-state index contributed by atoms with van der Waals surface area (Å²) < 4.78 is 1.87. The van der Waals surface area contributed by atoms with Gasteiger partial charge in [0.1, 0.15) is 0 Å². The normalized spacial score (nSPS) is 20.8. The van der Waals surface area contributed by atoms with Crippen LogP contribution in [0.5, 0.6) is 0 Å². The molecule has 0 radical (unpaired) electrons. The number of anilines is 1. The van der Waals surface area contributed by atoms with Gasteiger partial charge in [-0.05, 0) is 19.6 Å². The van der Waals surface area contributed by atoms with Gasteiger partial charge in [-0.2, -0.15) is 4.98 Å². The lowest BCUT2D eigenvalue weighted by atomic mass is 10.5. The van der Waals surface area contributed by atoms with E-state index >= 15 is 0 Å². The van der Waals surface area contributed by atoms with Gasteiger partial charge in [0.15, 0.2) is 0 Å². The summed E-state index contributed by atoms with van der Waals surface area (Å²) in [4.78, 5) is 4.35. The molecule has 0 saturated heterocycles. The number of thioether (sulfide) groups is 1. The van der Waals surface area contributed by atoms with Gasteiger partial charge in [-0.25, -0.2) is 4.68 Å². The SMILES string of the molecule is CSc1nc2n(n1)C(P)C=C(PBr)N2. The maximum absolute atomic E-state index is 4.35. The third kappa shape index (κ3) is 1.99. The van der Waals surface area contributed by atoms with E-state index in [1.165, 1.54) is 0 Å². The monoisotopic (exact) mass is 310 g/mol. The molecular weight excluding hydrogens is 302 g/mol. The highest BCUT2D eigenvalue weighted by molar-refractivity contribution is 9.37. The van der Waals surface area contributed by atoms with Gasteiger partial charge in [-0.15, -0.1) is 14.3 Å². The number of allylic oxidation sites excluding steroid dienone is 1. The number of fused-ring (bicyclic) bond motifs is 1. The highest BCUT2D eigenvalue weighted by Gasteiger charge is 2.19. The van der Waals surface area contributed by atoms with Crippen molar-refractivity contribution in [2.45, 2.75) is 10.9 Å². The minimum atomic E-state index is 0.194. The van der Waals surface area contributed by atoms with Crippen molar-refractivity contribution in [1.29, 1.82) is 0 Å². The fraction of sp³-hybridized carbons (Fsp3) is 0.333. The molecule has 0 saturated carbocycles. The summed E-state index contributed by atoms with van der Waals surface area (Å²) in [7, 11) is 3.32. The largest absolute Gasteiger partial charge is 0.324 e. The van der Waals surface area contributed by atoms with Crippen molar-refractivity contribution in [1.82, 2.24) is 14.8 Å². The van der Waals surface area contributed by atoms with Crippen molar-refractivity contribution >= 4 is 49.7 Å². The zero-order valence-corrected chi connectivity index (χ0v) is 11.9. The van der Waals surface area contributed by atoms with Crippen LogP contribution in [0.1, 0.15) is 5.78 Å². The maximum Gasteiger partial charge on any atom is 0.227 e. The van der Waals surface area contributed by atoms with Crippen LogP contribution < -0.4 is 5.32 Å². The van der Waals surface area contributed by atoms with E-state index < -0.39 is 0 Å². The molecule has 0 aromatic carbocycles. The molecule has 1 aliphatic rings. The van der Waals surface area contributed by atoms with Crippen molar-refractivity contribution in [3.8, 4) is 0 Å². The van der Waals surface area contributed by atoms with E-state index in [4.69, 9.17) is 0 Å². The van der Waals surface area contributed by atoms with E-state index in [1.54, 1.807) is 11.8 Å². The zero-order valence-electron chi connectivity index (χ0n) is 7.36. The third-order valence-corrected chi connectivity index (χ3v) is 4.55. The topological polar surface area (TPSA) is 42.7 Å². The van der Waals surface area contributed by atoms with Crippen LogP contribution in [0.4, 0.5) is 5.95 Å². The van der Waals surface area contributed by atoms with Crippen LogP contribution in [-0.4, -0.2) is 21.0 Å². The molecule has 0 fully saturated rings. The second-order valence-corrected chi connectivity index (χ2v) is 6.03. The Morgan fingerprint density at radius 2 is 2.57 bits per heavy atom. The molecule has 4 nitrogen and oxygen atoms in total. The molecule has 1 aromatic rings. The van der Waals surface area contributed by atoms with Crippen LogP contribution in [0.25, 0.3) is 0 Å².